The molecule has 21 heavy (non-hydrogen) atoms. The molecule has 4 heteroatoms. The van der Waals surface area contributed by atoms with Crippen molar-refractivity contribution in [2.45, 2.75) is 26.2 Å². The number of hydrogen-bond donors (Lipinski definition) is 0. The summed E-state index contributed by atoms with van der Waals surface area (Å²) in [7, 11) is 0. The standard InChI is InChI=1S/C17H15FN2S/c1-11-2-7-15-16(8-11)21-17(20-15)13(10-19)9-12-3-5-14(18)6-4-12/h3-6,9,11H,2,7-8H2,1H3/b13-9+. The van der Waals surface area contributed by atoms with Crippen LogP contribution in [0.2, 0.25) is 0 Å². The Balaban J connectivity index is 1.94. The predicted molar refractivity (Wildman–Crippen MR) is 83.2 cm³/mol. The molecule has 1 aliphatic rings. The molecule has 1 heterocycles. The monoisotopic (exact) mass is 298 g/mol. The Kier molecular flexibility index (Phi) is 3.85. The summed E-state index contributed by atoms with van der Waals surface area (Å²) < 4.78 is 12.9. The number of allylic oxidation sites excluding steroid dienone is 1. The van der Waals surface area contributed by atoms with Crippen LogP contribution in [0, 0.1) is 23.1 Å². The molecule has 1 unspecified atom stereocenters. The molecule has 0 fully saturated rings. The van der Waals surface area contributed by atoms with Gasteiger partial charge < -0.3 is 0 Å². The second-order valence-corrected chi connectivity index (χ2v) is 6.54. The molecule has 0 saturated carbocycles. The van der Waals surface area contributed by atoms with E-state index in [-0.39, 0.29) is 5.82 Å². The summed E-state index contributed by atoms with van der Waals surface area (Å²) in [4.78, 5) is 5.93. The fourth-order valence-corrected chi connectivity index (χ4v) is 3.76. The molecule has 0 N–H and O–H groups in total. The summed E-state index contributed by atoms with van der Waals surface area (Å²) in [6.07, 6.45) is 5.00. The Bertz CT molecular complexity index is 722. The SMILES string of the molecule is CC1CCc2nc(/C(C#N)=C/c3ccc(F)cc3)sc2C1. The van der Waals surface area contributed by atoms with Gasteiger partial charge >= 0.3 is 0 Å². The van der Waals surface area contributed by atoms with E-state index in [1.165, 1.54) is 23.4 Å². The average molecular weight is 298 g/mol. The van der Waals surface area contributed by atoms with E-state index in [1.54, 1.807) is 29.5 Å². The lowest BCUT2D eigenvalue weighted by Crippen LogP contribution is -2.09. The van der Waals surface area contributed by atoms with Gasteiger partial charge in [-0.15, -0.1) is 11.3 Å². The van der Waals surface area contributed by atoms with E-state index >= 15 is 0 Å². The lowest BCUT2D eigenvalue weighted by Gasteiger charge is -2.15. The molecule has 0 saturated heterocycles. The minimum atomic E-state index is -0.274. The topological polar surface area (TPSA) is 36.7 Å². The Morgan fingerprint density at radius 3 is 2.90 bits per heavy atom. The van der Waals surface area contributed by atoms with Gasteiger partial charge in [-0.05, 0) is 49.0 Å². The lowest BCUT2D eigenvalue weighted by molar-refractivity contribution is 0.502. The highest BCUT2D eigenvalue weighted by atomic mass is 32.1. The van der Waals surface area contributed by atoms with Gasteiger partial charge in [0.25, 0.3) is 0 Å². The zero-order valence-electron chi connectivity index (χ0n) is 11.8. The van der Waals surface area contributed by atoms with Gasteiger partial charge in [0.15, 0.2) is 0 Å². The number of nitrogens with zero attached hydrogens (tertiary/aromatic N) is 2. The summed E-state index contributed by atoms with van der Waals surface area (Å²) in [6.45, 7) is 2.25. The summed E-state index contributed by atoms with van der Waals surface area (Å²) in [5.41, 5.74) is 2.51. The molecule has 106 valence electrons. The molecule has 1 aromatic carbocycles. The first-order valence-electron chi connectivity index (χ1n) is 7.02. The predicted octanol–water partition coefficient (Wildman–Crippen LogP) is 4.47. The second-order valence-electron chi connectivity index (χ2n) is 5.46. The highest BCUT2D eigenvalue weighted by Gasteiger charge is 2.20. The first kappa shape index (κ1) is 14.0. The van der Waals surface area contributed by atoms with Gasteiger partial charge in [-0.25, -0.2) is 9.37 Å². The molecule has 0 bridgehead atoms. The molecular weight excluding hydrogens is 283 g/mol. The van der Waals surface area contributed by atoms with E-state index < -0.39 is 0 Å². The molecule has 0 radical (unpaired) electrons. The Morgan fingerprint density at radius 2 is 2.19 bits per heavy atom. The van der Waals surface area contributed by atoms with Crippen LogP contribution in [-0.4, -0.2) is 4.98 Å². The average Bonchev–Trinajstić information content (AvgIpc) is 2.89. The number of nitriles is 1. The number of aryl methyl sites for hydroxylation is 1. The van der Waals surface area contributed by atoms with Crippen molar-refractivity contribution in [2.75, 3.05) is 0 Å². The zero-order valence-corrected chi connectivity index (χ0v) is 12.6. The Labute approximate surface area is 127 Å². The van der Waals surface area contributed by atoms with Crippen LogP contribution in [0.5, 0.6) is 0 Å². The number of benzene rings is 1. The van der Waals surface area contributed by atoms with Gasteiger partial charge in [0, 0.05) is 4.88 Å². The van der Waals surface area contributed by atoms with Crippen LogP contribution in [0.25, 0.3) is 11.6 Å². The van der Waals surface area contributed by atoms with Crippen LogP contribution < -0.4 is 0 Å². The van der Waals surface area contributed by atoms with Crippen LogP contribution in [-0.2, 0) is 12.8 Å². The Hall–Kier alpha value is -1.99. The normalized spacial score (nSPS) is 18.1. The molecule has 2 aromatic rings. The van der Waals surface area contributed by atoms with Crippen LogP contribution in [0.15, 0.2) is 24.3 Å². The van der Waals surface area contributed by atoms with E-state index in [4.69, 9.17) is 0 Å². The van der Waals surface area contributed by atoms with Crippen LogP contribution in [0.4, 0.5) is 4.39 Å². The van der Waals surface area contributed by atoms with Crippen LogP contribution in [0.3, 0.4) is 0 Å². The number of rotatable bonds is 2. The third-order valence-corrected chi connectivity index (χ3v) is 4.87. The molecule has 0 spiro atoms. The van der Waals surface area contributed by atoms with Gasteiger partial charge in [-0.1, -0.05) is 19.1 Å². The number of aromatic nitrogens is 1. The zero-order chi connectivity index (χ0) is 14.8. The van der Waals surface area contributed by atoms with Crippen LogP contribution >= 0.6 is 11.3 Å². The molecule has 2 nitrogen and oxygen atoms in total. The summed E-state index contributed by atoms with van der Waals surface area (Å²) in [5, 5.41) is 10.2. The fourth-order valence-electron chi connectivity index (χ4n) is 2.52. The van der Waals surface area contributed by atoms with Crippen LogP contribution in [0.1, 0.15) is 34.5 Å². The molecule has 0 aliphatic heterocycles. The van der Waals surface area contributed by atoms with Gasteiger partial charge in [0.1, 0.15) is 16.9 Å². The van der Waals surface area contributed by atoms with E-state index in [9.17, 15) is 9.65 Å². The number of hydrogen-bond acceptors (Lipinski definition) is 3. The van der Waals surface area contributed by atoms with Crippen molar-refractivity contribution in [1.82, 2.24) is 4.98 Å². The molecule has 0 amide bonds. The molecule has 1 aromatic heterocycles. The highest BCUT2D eigenvalue weighted by molar-refractivity contribution is 7.13. The maximum absolute atomic E-state index is 12.9. The minimum Gasteiger partial charge on any atom is -0.240 e. The first-order chi connectivity index (χ1) is 10.2. The van der Waals surface area contributed by atoms with Crippen molar-refractivity contribution in [1.29, 1.82) is 5.26 Å². The lowest BCUT2D eigenvalue weighted by atomic mass is 9.93. The van der Waals surface area contributed by atoms with E-state index in [0.29, 0.717) is 11.5 Å². The molecular formula is C17H15FN2S. The highest BCUT2D eigenvalue weighted by Crippen LogP contribution is 2.33. The molecule has 3 rings (SSSR count). The second kappa shape index (κ2) is 5.79. The van der Waals surface area contributed by atoms with E-state index in [0.717, 1.165) is 29.1 Å². The van der Waals surface area contributed by atoms with Crippen molar-refractivity contribution < 1.29 is 4.39 Å². The Morgan fingerprint density at radius 1 is 1.43 bits per heavy atom. The number of thiazole rings is 1. The van der Waals surface area contributed by atoms with Gasteiger partial charge in [-0.2, -0.15) is 5.26 Å². The summed E-state index contributed by atoms with van der Waals surface area (Å²) in [5.74, 6) is 0.418. The van der Waals surface area contributed by atoms with E-state index in [2.05, 4.69) is 18.0 Å². The quantitative estimate of drug-likeness (QED) is 0.767. The van der Waals surface area contributed by atoms with Crippen molar-refractivity contribution in [3.05, 3.63) is 51.2 Å². The molecule has 1 aliphatic carbocycles. The summed E-state index contributed by atoms with van der Waals surface area (Å²) >= 11 is 1.62. The van der Waals surface area contributed by atoms with Crippen molar-refractivity contribution in [3.8, 4) is 6.07 Å². The van der Waals surface area contributed by atoms with Crippen molar-refractivity contribution in [2.24, 2.45) is 5.92 Å². The third-order valence-electron chi connectivity index (χ3n) is 3.72. The van der Waals surface area contributed by atoms with Gasteiger partial charge in [0.2, 0.25) is 0 Å². The largest absolute Gasteiger partial charge is 0.240 e. The molecule has 1 atom stereocenters. The number of halogens is 1. The maximum Gasteiger partial charge on any atom is 0.134 e. The summed E-state index contributed by atoms with van der Waals surface area (Å²) in [6, 6.07) is 8.35. The van der Waals surface area contributed by atoms with Gasteiger partial charge in [-0.3, -0.25) is 0 Å². The van der Waals surface area contributed by atoms with Crippen molar-refractivity contribution >= 4 is 23.0 Å². The third kappa shape index (κ3) is 3.03. The fraction of sp³-hybridized carbons (Fsp3) is 0.294. The minimum absolute atomic E-state index is 0.274. The van der Waals surface area contributed by atoms with E-state index in [1.807, 2.05) is 0 Å². The van der Waals surface area contributed by atoms with Crippen molar-refractivity contribution in [3.63, 3.8) is 0 Å². The smallest absolute Gasteiger partial charge is 0.134 e. The maximum atomic E-state index is 12.9. The number of fused-ring (bicyclic) bond motifs is 1. The van der Waals surface area contributed by atoms with Gasteiger partial charge in [0.05, 0.1) is 11.3 Å². The first-order valence-corrected chi connectivity index (χ1v) is 7.83.